The van der Waals surface area contributed by atoms with Gasteiger partial charge in [-0.25, -0.2) is 0 Å². The van der Waals surface area contributed by atoms with Crippen LogP contribution in [0.2, 0.25) is 0 Å². The Balaban J connectivity index is 0.000000774. The van der Waals surface area contributed by atoms with Gasteiger partial charge in [0.1, 0.15) is 0 Å². The minimum atomic E-state index is 0.975. The zero-order valence-electron chi connectivity index (χ0n) is 11.8. The molecule has 0 amide bonds. The number of fused-ring (bicyclic) bond motifs is 1. The quantitative estimate of drug-likeness (QED) is 0.438. The zero-order valence-corrected chi connectivity index (χ0v) is 16.1. The van der Waals surface area contributed by atoms with Gasteiger partial charge in [0, 0.05) is 67.8 Å². The zero-order chi connectivity index (χ0) is 15.1. The average molecular weight is 505 g/mol. The van der Waals surface area contributed by atoms with Crippen molar-refractivity contribution in [1.82, 2.24) is 9.66 Å². The number of hydrogen-bond donors (Lipinski definition) is 0. The van der Waals surface area contributed by atoms with Gasteiger partial charge in [-0.1, -0.05) is 25.1 Å². The first-order chi connectivity index (χ1) is 10.4. The molecule has 3 aromatic rings. The Morgan fingerprint density at radius 3 is 2.48 bits per heavy atom. The van der Waals surface area contributed by atoms with E-state index in [4.69, 9.17) is 0 Å². The molecule has 5 heteroatoms. The smallest absolute Gasteiger partial charge is 0.0698 e. The van der Waals surface area contributed by atoms with Gasteiger partial charge < -0.3 is 0 Å². The number of aromatic nitrogens is 2. The van der Waals surface area contributed by atoms with Crippen molar-refractivity contribution < 1.29 is 0 Å². The Hall–Kier alpha value is -0.830. The molecular formula is C16H17I2N3. The predicted octanol–water partition coefficient (Wildman–Crippen LogP) is 5.49. The number of nitrogens with zero attached hydrogens (tertiary/aromatic N) is 3. The standard InChI is InChI=1S/C16H17N3.I2/c1-2-12-18(15-7-10-17-11-8-15)19-13-9-14-5-3-4-6-16(14)19;1-2/h3-11,13H,2,12H2,1H3;. The number of anilines is 1. The van der Waals surface area contributed by atoms with Crippen LogP contribution in [0.3, 0.4) is 0 Å². The topological polar surface area (TPSA) is 21.1 Å². The molecule has 3 rings (SSSR count). The van der Waals surface area contributed by atoms with Crippen LogP contribution >= 0.6 is 37.2 Å². The van der Waals surface area contributed by atoms with E-state index in [-0.39, 0.29) is 0 Å². The Morgan fingerprint density at radius 2 is 1.76 bits per heavy atom. The molecule has 0 bridgehead atoms. The van der Waals surface area contributed by atoms with Gasteiger partial charge >= 0.3 is 0 Å². The summed E-state index contributed by atoms with van der Waals surface area (Å²) in [5.74, 6) is 0. The van der Waals surface area contributed by atoms with Crippen LogP contribution in [-0.2, 0) is 0 Å². The van der Waals surface area contributed by atoms with Crippen LogP contribution in [0.1, 0.15) is 13.3 Å². The molecule has 2 heterocycles. The molecule has 0 atom stereocenters. The van der Waals surface area contributed by atoms with Gasteiger partial charge in [0.05, 0.1) is 11.2 Å². The fourth-order valence-electron chi connectivity index (χ4n) is 2.37. The Bertz CT molecular complexity index is 667. The third-order valence-corrected chi connectivity index (χ3v) is 3.24. The summed E-state index contributed by atoms with van der Waals surface area (Å²) in [6, 6.07) is 14.7. The average Bonchev–Trinajstić information content (AvgIpc) is 2.99. The van der Waals surface area contributed by atoms with Crippen LogP contribution in [0.25, 0.3) is 10.9 Å². The molecule has 0 aliphatic heterocycles. The largest absolute Gasteiger partial charge is 0.281 e. The minimum Gasteiger partial charge on any atom is -0.281 e. The highest BCUT2D eigenvalue weighted by molar-refractivity contribution is 15.0. The van der Waals surface area contributed by atoms with Gasteiger partial charge in [0.15, 0.2) is 0 Å². The number of rotatable bonds is 4. The maximum absolute atomic E-state index is 4.10. The molecule has 0 aliphatic carbocycles. The van der Waals surface area contributed by atoms with Gasteiger partial charge in [0.25, 0.3) is 0 Å². The molecule has 0 saturated heterocycles. The third kappa shape index (κ3) is 3.88. The molecule has 3 nitrogen and oxygen atoms in total. The van der Waals surface area contributed by atoms with Crippen molar-refractivity contribution in [2.24, 2.45) is 0 Å². The normalized spacial score (nSPS) is 10.0. The van der Waals surface area contributed by atoms with Crippen molar-refractivity contribution in [3.63, 3.8) is 0 Å². The highest BCUT2D eigenvalue weighted by Crippen LogP contribution is 2.21. The molecule has 0 saturated carbocycles. The lowest BCUT2D eigenvalue weighted by molar-refractivity contribution is 0.696. The van der Waals surface area contributed by atoms with Gasteiger partial charge in [-0.3, -0.25) is 14.7 Å². The summed E-state index contributed by atoms with van der Waals surface area (Å²) in [5.41, 5.74) is 2.39. The maximum atomic E-state index is 4.10. The summed E-state index contributed by atoms with van der Waals surface area (Å²) < 4.78 is 2.22. The van der Waals surface area contributed by atoms with E-state index >= 15 is 0 Å². The maximum Gasteiger partial charge on any atom is 0.0698 e. The van der Waals surface area contributed by atoms with Crippen molar-refractivity contribution in [2.45, 2.75) is 13.3 Å². The first-order valence-electron chi connectivity index (χ1n) is 6.78. The lowest BCUT2D eigenvalue weighted by Gasteiger charge is -2.26. The van der Waals surface area contributed by atoms with Crippen LogP contribution in [0, 0.1) is 0 Å². The summed E-state index contributed by atoms with van der Waals surface area (Å²) in [5, 5.41) is 3.54. The second kappa shape index (κ2) is 8.57. The van der Waals surface area contributed by atoms with E-state index in [1.165, 1.54) is 16.6 Å². The number of pyridine rings is 1. The van der Waals surface area contributed by atoms with Crippen LogP contribution in [-0.4, -0.2) is 16.2 Å². The van der Waals surface area contributed by atoms with E-state index in [0.29, 0.717) is 0 Å². The van der Waals surface area contributed by atoms with E-state index < -0.39 is 0 Å². The monoisotopic (exact) mass is 505 g/mol. The second-order valence-corrected chi connectivity index (χ2v) is 4.55. The fraction of sp³-hybridized carbons (Fsp3) is 0.188. The summed E-state index contributed by atoms with van der Waals surface area (Å²) in [6.45, 7) is 3.17. The fourth-order valence-corrected chi connectivity index (χ4v) is 2.37. The molecule has 110 valence electrons. The van der Waals surface area contributed by atoms with Crippen molar-refractivity contribution in [2.75, 3.05) is 11.6 Å². The van der Waals surface area contributed by atoms with E-state index in [0.717, 1.165) is 13.0 Å². The van der Waals surface area contributed by atoms with Crippen molar-refractivity contribution in [1.29, 1.82) is 0 Å². The molecular weight excluding hydrogens is 488 g/mol. The summed E-state index contributed by atoms with van der Waals surface area (Å²) >= 11 is 4.24. The molecule has 2 aromatic heterocycles. The van der Waals surface area contributed by atoms with Crippen LogP contribution < -0.4 is 5.01 Å². The second-order valence-electron chi connectivity index (χ2n) is 4.55. The molecule has 0 fully saturated rings. The van der Waals surface area contributed by atoms with Crippen molar-refractivity contribution >= 4 is 53.8 Å². The minimum absolute atomic E-state index is 0.975. The summed E-state index contributed by atoms with van der Waals surface area (Å²) in [6.07, 6.45) is 6.89. The molecule has 0 radical (unpaired) electrons. The molecule has 1 aromatic carbocycles. The van der Waals surface area contributed by atoms with Crippen molar-refractivity contribution in [3.8, 4) is 0 Å². The van der Waals surface area contributed by atoms with Crippen LogP contribution in [0.5, 0.6) is 0 Å². The molecule has 0 spiro atoms. The third-order valence-electron chi connectivity index (χ3n) is 3.24. The number of para-hydroxylation sites is 1. The Morgan fingerprint density at radius 1 is 1.05 bits per heavy atom. The molecule has 0 aliphatic rings. The summed E-state index contributed by atoms with van der Waals surface area (Å²) in [4.78, 5) is 4.10. The Kier molecular flexibility index (Phi) is 6.75. The van der Waals surface area contributed by atoms with E-state index in [1.54, 1.807) is 0 Å². The highest BCUT2D eigenvalue weighted by Gasteiger charge is 2.09. The molecule has 0 N–H and O–H groups in total. The lowest BCUT2D eigenvalue weighted by atomic mass is 10.2. The SMILES string of the molecule is CCCN(c1ccncc1)n1ccc2ccccc21.II. The van der Waals surface area contributed by atoms with E-state index in [2.05, 4.69) is 95.4 Å². The number of benzene rings is 1. The lowest BCUT2D eigenvalue weighted by Crippen LogP contribution is -2.29. The Labute approximate surface area is 148 Å². The predicted molar refractivity (Wildman–Crippen MR) is 107 cm³/mol. The summed E-state index contributed by atoms with van der Waals surface area (Å²) in [7, 11) is 0. The van der Waals surface area contributed by atoms with E-state index in [9.17, 15) is 0 Å². The molecule has 0 unspecified atom stereocenters. The van der Waals surface area contributed by atoms with Gasteiger partial charge in [0.2, 0.25) is 0 Å². The molecule has 21 heavy (non-hydrogen) atoms. The van der Waals surface area contributed by atoms with Gasteiger partial charge in [-0.15, -0.1) is 0 Å². The first-order valence-corrected chi connectivity index (χ1v) is 13.1. The van der Waals surface area contributed by atoms with Crippen LogP contribution in [0.15, 0.2) is 61.1 Å². The van der Waals surface area contributed by atoms with Crippen molar-refractivity contribution in [3.05, 3.63) is 61.1 Å². The highest BCUT2D eigenvalue weighted by atomic mass is 128. The first kappa shape index (κ1) is 16.5. The van der Waals surface area contributed by atoms with Crippen LogP contribution in [0.4, 0.5) is 5.69 Å². The van der Waals surface area contributed by atoms with Gasteiger partial charge in [-0.2, -0.15) is 0 Å². The number of hydrogen-bond acceptors (Lipinski definition) is 2. The van der Waals surface area contributed by atoms with Gasteiger partial charge in [-0.05, 0) is 30.7 Å². The number of halogens is 2. The van der Waals surface area contributed by atoms with E-state index in [1.807, 2.05) is 24.5 Å².